The van der Waals surface area contributed by atoms with Crippen LogP contribution in [-0.2, 0) is 6.61 Å². The van der Waals surface area contributed by atoms with Gasteiger partial charge in [0.25, 0.3) is 11.5 Å². The van der Waals surface area contributed by atoms with Crippen molar-refractivity contribution < 1.29 is 23.4 Å². The fourth-order valence-electron chi connectivity index (χ4n) is 3.30. The summed E-state index contributed by atoms with van der Waals surface area (Å²) >= 11 is 0. The number of carbonyl (C=O) groups is 1. The van der Waals surface area contributed by atoms with Crippen molar-refractivity contribution in [3.63, 3.8) is 0 Å². The minimum atomic E-state index is -0.508. The molecule has 8 nitrogen and oxygen atoms in total. The lowest BCUT2D eigenvalue weighted by atomic mass is 10.2. The minimum Gasteiger partial charge on any atom is -0.489 e. The summed E-state index contributed by atoms with van der Waals surface area (Å²) in [6, 6.07) is 19.1. The quantitative estimate of drug-likeness (QED) is 0.475. The van der Waals surface area contributed by atoms with Gasteiger partial charge in [-0.3, -0.25) is 9.59 Å². The molecule has 1 amide bonds. The highest BCUT2D eigenvalue weighted by Gasteiger charge is 2.15. The van der Waals surface area contributed by atoms with Crippen LogP contribution in [0.25, 0.3) is 11.5 Å². The molecule has 1 aliphatic heterocycles. The normalized spacial score (nSPS) is 11.9. The predicted molar refractivity (Wildman–Crippen MR) is 116 cm³/mol. The first kappa shape index (κ1) is 19.5. The van der Waals surface area contributed by atoms with Crippen molar-refractivity contribution in [2.45, 2.75) is 6.61 Å². The molecule has 5 rings (SSSR count). The number of aromatic nitrogens is 1. The van der Waals surface area contributed by atoms with E-state index in [2.05, 4.69) is 10.3 Å². The molecule has 0 saturated carbocycles. The van der Waals surface area contributed by atoms with Crippen LogP contribution in [0.15, 0.2) is 82.2 Å². The number of furan rings is 1. The SMILES string of the molecule is O=C(Nc1cccc(COc2ccc3c(c2)OCO3)c1)c1ccc(-c2ccco2)[nH]c1=O. The van der Waals surface area contributed by atoms with Crippen molar-refractivity contribution in [3.05, 3.63) is 94.5 Å². The average molecular weight is 430 g/mol. The highest BCUT2D eigenvalue weighted by Crippen LogP contribution is 2.35. The van der Waals surface area contributed by atoms with Crippen molar-refractivity contribution in [3.8, 4) is 28.7 Å². The summed E-state index contributed by atoms with van der Waals surface area (Å²) in [7, 11) is 0. The monoisotopic (exact) mass is 430 g/mol. The van der Waals surface area contributed by atoms with E-state index in [-0.39, 0.29) is 12.4 Å². The minimum absolute atomic E-state index is 0.00215. The number of rotatable bonds is 6. The van der Waals surface area contributed by atoms with Crippen LogP contribution in [0.3, 0.4) is 0 Å². The second-order valence-electron chi connectivity index (χ2n) is 7.05. The fraction of sp³-hybridized carbons (Fsp3) is 0.0833. The number of fused-ring (bicyclic) bond motifs is 1. The molecule has 0 saturated heterocycles. The lowest BCUT2D eigenvalue weighted by molar-refractivity contribution is 0.102. The smallest absolute Gasteiger partial charge is 0.261 e. The van der Waals surface area contributed by atoms with E-state index in [1.54, 1.807) is 54.6 Å². The van der Waals surface area contributed by atoms with E-state index >= 15 is 0 Å². The lowest BCUT2D eigenvalue weighted by Crippen LogP contribution is -2.23. The third-order valence-corrected chi connectivity index (χ3v) is 4.88. The van der Waals surface area contributed by atoms with E-state index in [4.69, 9.17) is 18.6 Å². The number of amides is 1. The van der Waals surface area contributed by atoms with Gasteiger partial charge in [-0.05, 0) is 54.1 Å². The van der Waals surface area contributed by atoms with Gasteiger partial charge in [0.15, 0.2) is 11.5 Å². The summed E-state index contributed by atoms with van der Waals surface area (Å²) in [4.78, 5) is 27.7. The van der Waals surface area contributed by atoms with E-state index in [9.17, 15) is 9.59 Å². The summed E-state index contributed by atoms with van der Waals surface area (Å²) in [5.41, 5.74) is 1.40. The van der Waals surface area contributed by atoms with Crippen molar-refractivity contribution in [2.24, 2.45) is 0 Å². The Morgan fingerprint density at radius 2 is 1.91 bits per heavy atom. The number of anilines is 1. The molecule has 1 aliphatic rings. The van der Waals surface area contributed by atoms with E-state index < -0.39 is 11.5 Å². The maximum absolute atomic E-state index is 12.6. The van der Waals surface area contributed by atoms with Crippen LogP contribution >= 0.6 is 0 Å². The van der Waals surface area contributed by atoms with Crippen LogP contribution in [-0.4, -0.2) is 17.7 Å². The van der Waals surface area contributed by atoms with Gasteiger partial charge < -0.3 is 28.9 Å². The predicted octanol–water partition coefficient (Wildman–Crippen LogP) is 4.19. The van der Waals surface area contributed by atoms with Gasteiger partial charge in [-0.25, -0.2) is 0 Å². The van der Waals surface area contributed by atoms with Crippen molar-refractivity contribution in [2.75, 3.05) is 12.1 Å². The molecule has 0 radical (unpaired) electrons. The molecule has 2 aromatic carbocycles. The molecular weight excluding hydrogens is 412 g/mol. The van der Waals surface area contributed by atoms with E-state index in [1.165, 1.54) is 12.3 Å². The molecule has 8 heteroatoms. The number of aromatic amines is 1. The first-order chi connectivity index (χ1) is 15.7. The molecule has 0 atom stereocenters. The van der Waals surface area contributed by atoms with Crippen molar-refractivity contribution in [1.29, 1.82) is 0 Å². The molecule has 2 aromatic heterocycles. The second-order valence-corrected chi connectivity index (χ2v) is 7.05. The zero-order chi connectivity index (χ0) is 21.9. The van der Waals surface area contributed by atoms with E-state index in [1.807, 2.05) is 6.07 Å². The van der Waals surface area contributed by atoms with Crippen LogP contribution in [0.5, 0.6) is 17.2 Å². The number of H-pyrrole nitrogens is 1. The largest absolute Gasteiger partial charge is 0.489 e. The van der Waals surface area contributed by atoms with Gasteiger partial charge in [0.1, 0.15) is 23.7 Å². The molecule has 3 heterocycles. The highest BCUT2D eigenvalue weighted by molar-refractivity contribution is 6.04. The molecule has 4 aromatic rings. The number of nitrogens with one attached hydrogen (secondary N) is 2. The molecule has 0 fully saturated rings. The fourth-order valence-corrected chi connectivity index (χ4v) is 3.30. The number of pyridine rings is 1. The molecule has 2 N–H and O–H groups in total. The molecule has 0 bridgehead atoms. The molecule has 0 aliphatic carbocycles. The maximum atomic E-state index is 12.6. The third-order valence-electron chi connectivity index (χ3n) is 4.88. The van der Waals surface area contributed by atoms with E-state index in [0.717, 1.165) is 5.56 Å². The Bertz CT molecular complexity index is 1330. The Balaban J connectivity index is 1.25. The molecule has 32 heavy (non-hydrogen) atoms. The molecule has 0 unspecified atom stereocenters. The molecule has 0 spiro atoms. The number of benzene rings is 2. The second kappa shape index (κ2) is 8.35. The highest BCUT2D eigenvalue weighted by atomic mass is 16.7. The van der Waals surface area contributed by atoms with Gasteiger partial charge >= 0.3 is 0 Å². The summed E-state index contributed by atoms with van der Waals surface area (Å²) in [5.74, 6) is 1.99. The van der Waals surface area contributed by atoms with E-state index in [0.29, 0.717) is 41.0 Å². The topological polar surface area (TPSA) is 103 Å². The summed E-state index contributed by atoms with van der Waals surface area (Å²) in [6.07, 6.45) is 1.51. The average Bonchev–Trinajstić information content (AvgIpc) is 3.49. The van der Waals surface area contributed by atoms with Crippen LogP contribution in [0, 0.1) is 0 Å². The number of carbonyl (C=O) groups excluding carboxylic acids is 1. The Hall–Kier alpha value is -4.46. The standard InChI is InChI=1S/C24H18N2O6/c27-23(18-7-8-19(26-24(18)28)20-5-2-10-29-20)25-16-4-1-3-15(11-16)13-30-17-6-9-21-22(12-17)32-14-31-21/h1-12H,13-14H2,(H,25,27)(H,26,28). The summed E-state index contributed by atoms with van der Waals surface area (Å²) in [5, 5.41) is 2.75. The van der Waals surface area contributed by atoms with Gasteiger partial charge in [-0.2, -0.15) is 0 Å². The first-order valence-corrected chi connectivity index (χ1v) is 9.86. The zero-order valence-electron chi connectivity index (χ0n) is 16.8. The number of hydrogen-bond acceptors (Lipinski definition) is 6. The lowest BCUT2D eigenvalue weighted by Gasteiger charge is -2.10. The van der Waals surface area contributed by atoms with Gasteiger partial charge in [-0.1, -0.05) is 12.1 Å². The van der Waals surface area contributed by atoms with Crippen LogP contribution in [0.4, 0.5) is 5.69 Å². The first-order valence-electron chi connectivity index (χ1n) is 9.86. The van der Waals surface area contributed by atoms with Crippen LogP contribution in [0.1, 0.15) is 15.9 Å². The number of ether oxygens (including phenoxy) is 3. The Morgan fingerprint density at radius 3 is 2.75 bits per heavy atom. The summed E-state index contributed by atoms with van der Waals surface area (Å²) < 4.78 is 21.7. The maximum Gasteiger partial charge on any atom is 0.261 e. The van der Waals surface area contributed by atoms with Crippen LogP contribution < -0.4 is 25.1 Å². The van der Waals surface area contributed by atoms with Gasteiger partial charge in [-0.15, -0.1) is 0 Å². The summed E-state index contributed by atoms with van der Waals surface area (Å²) in [6.45, 7) is 0.497. The van der Waals surface area contributed by atoms with Gasteiger partial charge in [0, 0.05) is 11.8 Å². The third kappa shape index (κ3) is 4.06. The van der Waals surface area contributed by atoms with Gasteiger partial charge in [0.05, 0.1) is 12.0 Å². The van der Waals surface area contributed by atoms with Gasteiger partial charge in [0.2, 0.25) is 6.79 Å². The van der Waals surface area contributed by atoms with Crippen molar-refractivity contribution >= 4 is 11.6 Å². The van der Waals surface area contributed by atoms with Crippen LogP contribution in [0.2, 0.25) is 0 Å². The van der Waals surface area contributed by atoms with Crippen molar-refractivity contribution in [1.82, 2.24) is 4.98 Å². The zero-order valence-corrected chi connectivity index (χ0v) is 16.8. The Morgan fingerprint density at radius 1 is 1.00 bits per heavy atom. The molecular formula is C24H18N2O6. The Labute approximate surface area is 182 Å². The molecule has 160 valence electrons. The Kier molecular flexibility index (Phi) is 5.09. The number of hydrogen-bond donors (Lipinski definition) is 2.